The van der Waals surface area contributed by atoms with Crippen LogP contribution in [0, 0.1) is 23.7 Å². The van der Waals surface area contributed by atoms with Crippen LogP contribution >= 0.6 is 0 Å². The number of aromatic hydroxyl groups is 2. The van der Waals surface area contributed by atoms with Gasteiger partial charge in [0.15, 0.2) is 0 Å². The molecular formula is C34H46O4. The molecule has 4 nitrogen and oxygen atoms in total. The minimum absolute atomic E-state index is 0.271. The highest BCUT2D eigenvalue weighted by Gasteiger charge is 1.97. The maximum atomic E-state index is 9.26. The molecule has 0 atom stereocenters. The van der Waals surface area contributed by atoms with E-state index in [4.69, 9.17) is 9.47 Å². The fourth-order valence-electron chi connectivity index (χ4n) is 4.08. The first-order valence-corrected chi connectivity index (χ1v) is 14.5. The SMILES string of the molecule is Oc1ccc(OCCCCCCCCCC#CC#CCCCCCCCCCOc2ccc(O)cc2)cc1. The molecule has 2 N–H and O–H groups in total. The Labute approximate surface area is 230 Å². The molecule has 4 heteroatoms. The summed E-state index contributed by atoms with van der Waals surface area (Å²) in [6.45, 7) is 1.48. The van der Waals surface area contributed by atoms with Crippen molar-refractivity contribution in [1.82, 2.24) is 0 Å². The van der Waals surface area contributed by atoms with Gasteiger partial charge in [0.05, 0.1) is 13.2 Å². The Bertz CT molecular complexity index is 877. The molecule has 0 amide bonds. The molecule has 0 spiro atoms. The first kappa shape index (κ1) is 31.0. The molecule has 0 saturated carbocycles. The number of unbranched alkanes of at least 4 members (excludes halogenated alkanes) is 14. The van der Waals surface area contributed by atoms with Crippen molar-refractivity contribution < 1.29 is 19.7 Å². The molecule has 0 fully saturated rings. The maximum absolute atomic E-state index is 9.26. The van der Waals surface area contributed by atoms with Crippen LogP contribution in [0.25, 0.3) is 0 Å². The van der Waals surface area contributed by atoms with Crippen molar-refractivity contribution in [1.29, 1.82) is 0 Å². The Morgan fingerprint density at radius 1 is 0.421 bits per heavy atom. The molecule has 0 aromatic heterocycles. The van der Waals surface area contributed by atoms with Gasteiger partial charge in [-0.15, -0.1) is 0 Å². The molecule has 0 aliphatic rings. The minimum Gasteiger partial charge on any atom is -0.508 e. The lowest BCUT2D eigenvalue weighted by Crippen LogP contribution is -1.96. The number of benzene rings is 2. The van der Waals surface area contributed by atoms with Crippen LogP contribution in [0.3, 0.4) is 0 Å². The van der Waals surface area contributed by atoms with E-state index in [1.807, 2.05) is 0 Å². The predicted molar refractivity (Wildman–Crippen MR) is 157 cm³/mol. The Hall–Kier alpha value is -3.24. The van der Waals surface area contributed by atoms with E-state index in [0.29, 0.717) is 0 Å². The van der Waals surface area contributed by atoms with Gasteiger partial charge in [-0.25, -0.2) is 0 Å². The van der Waals surface area contributed by atoms with Gasteiger partial charge in [0.25, 0.3) is 0 Å². The van der Waals surface area contributed by atoms with Gasteiger partial charge in [-0.2, -0.15) is 0 Å². The molecule has 38 heavy (non-hydrogen) atoms. The molecule has 0 aliphatic heterocycles. The highest BCUT2D eigenvalue weighted by Crippen LogP contribution is 2.18. The molecule has 0 saturated heterocycles. The summed E-state index contributed by atoms with van der Waals surface area (Å²) in [7, 11) is 0. The zero-order valence-electron chi connectivity index (χ0n) is 23.1. The van der Waals surface area contributed by atoms with E-state index in [9.17, 15) is 10.2 Å². The Morgan fingerprint density at radius 3 is 1.11 bits per heavy atom. The second kappa shape index (κ2) is 21.8. The average molecular weight is 519 g/mol. The van der Waals surface area contributed by atoms with E-state index in [1.165, 1.54) is 77.0 Å². The molecule has 0 bridgehead atoms. The molecule has 2 rings (SSSR count). The minimum atomic E-state index is 0.271. The third kappa shape index (κ3) is 17.3. The van der Waals surface area contributed by atoms with Gasteiger partial charge in [-0.05, 0) is 86.1 Å². The monoisotopic (exact) mass is 518 g/mol. The standard InChI is InChI=1S/C34H46O4/c35-31-21-25-33(26-22-31)37-29-19-17-15-13-11-9-7-5-3-1-2-4-6-8-10-12-14-16-18-20-30-38-34-27-23-32(36)24-28-34/h21-28,35-36H,5-20,29-30H2. The quantitative estimate of drug-likeness (QED) is 0.136. The zero-order chi connectivity index (χ0) is 26.9. The van der Waals surface area contributed by atoms with Gasteiger partial charge in [-0.3, -0.25) is 0 Å². The first-order valence-electron chi connectivity index (χ1n) is 14.5. The molecule has 2 aromatic rings. The summed E-state index contributed by atoms with van der Waals surface area (Å²) in [5, 5.41) is 18.5. The van der Waals surface area contributed by atoms with Crippen LogP contribution in [-0.4, -0.2) is 23.4 Å². The van der Waals surface area contributed by atoms with Crippen LogP contribution in [0.2, 0.25) is 0 Å². The number of phenolic OH excluding ortho intramolecular Hbond substituents is 2. The van der Waals surface area contributed by atoms with Crippen LogP contribution in [0.5, 0.6) is 23.0 Å². The van der Waals surface area contributed by atoms with Crippen molar-refractivity contribution in [2.75, 3.05) is 13.2 Å². The highest BCUT2D eigenvalue weighted by atomic mass is 16.5. The third-order valence-corrected chi connectivity index (χ3v) is 6.34. The molecular weight excluding hydrogens is 472 g/mol. The van der Waals surface area contributed by atoms with Gasteiger partial charge in [0.2, 0.25) is 0 Å². The molecule has 0 heterocycles. The van der Waals surface area contributed by atoms with Crippen molar-refractivity contribution in [2.45, 2.75) is 103 Å². The van der Waals surface area contributed by atoms with Crippen molar-refractivity contribution in [3.63, 3.8) is 0 Å². The van der Waals surface area contributed by atoms with Crippen LogP contribution in [0.1, 0.15) is 103 Å². The first-order chi connectivity index (χ1) is 18.7. The van der Waals surface area contributed by atoms with E-state index in [0.717, 1.165) is 50.4 Å². The molecule has 206 valence electrons. The van der Waals surface area contributed by atoms with Crippen LogP contribution in [0.4, 0.5) is 0 Å². The molecule has 0 aliphatic carbocycles. The van der Waals surface area contributed by atoms with E-state index >= 15 is 0 Å². The highest BCUT2D eigenvalue weighted by molar-refractivity contribution is 5.30. The van der Waals surface area contributed by atoms with Gasteiger partial charge in [-0.1, -0.05) is 76.0 Å². The lowest BCUT2D eigenvalue weighted by Gasteiger charge is -2.06. The lowest BCUT2D eigenvalue weighted by molar-refractivity contribution is 0.303. The normalized spacial score (nSPS) is 10.2. The van der Waals surface area contributed by atoms with Crippen LogP contribution in [-0.2, 0) is 0 Å². The van der Waals surface area contributed by atoms with Crippen LogP contribution in [0.15, 0.2) is 48.5 Å². The molecule has 0 radical (unpaired) electrons. The topological polar surface area (TPSA) is 58.9 Å². The fraction of sp³-hybridized carbons (Fsp3) is 0.529. The van der Waals surface area contributed by atoms with E-state index in [1.54, 1.807) is 48.5 Å². The second-order valence-corrected chi connectivity index (χ2v) is 9.74. The van der Waals surface area contributed by atoms with E-state index < -0.39 is 0 Å². The Kier molecular flexibility index (Phi) is 17.8. The summed E-state index contributed by atoms with van der Waals surface area (Å²) in [4.78, 5) is 0. The van der Waals surface area contributed by atoms with Crippen molar-refractivity contribution in [3.05, 3.63) is 48.5 Å². The van der Waals surface area contributed by atoms with Gasteiger partial charge in [0.1, 0.15) is 23.0 Å². The molecule has 0 unspecified atom stereocenters. The summed E-state index contributed by atoms with van der Waals surface area (Å²) in [5.74, 6) is 14.6. The van der Waals surface area contributed by atoms with Gasteiger partial charge in [0, 0.05) is 12.8 Å². The summed E-state index contributed by atoms with van der Waals surface area (Å²) >= 11 is 0. The number of rotatable bonds is 20. The van der Waals surface area contributed by atoms with Crippen molar-refractivity contribution in [3.8, 4) is 46.7 Å². The Morgan fingerprint density at radius 2 is 0.737 bits per heavy atom. The number of hydrogen-bond acceptors (Lipinski definition) is 4. The summed E-state index contributed by atoms with van der Waals surface area (Å²) in [6, 6.07) is 13.8. The summed E-state index contributed by atoms with van der Waals surface area (Å²) in [5.41, 5.74) is 0. The lowest BCUT2D eigenvalue weighted by atomic mass is 10.1. The van der Waals surface area contributed by atoms with Gasteiger partial charge < -0.3 is 19.7 Å². The van der Waals surface area contributed by atoms with Crippen molar-refractivity contribution >= 4 is 0 Å². The summed E-state index contributed by atoms with van der Waals surface area (Å²) in [6.07, 6.45) is 18.9. The number of ether oxygens (including phenoxy) is 2. The van der Waals surface area contributed by atoms with Crippen molar-refractivity contribution in [2.24, 2.45) is 0 Å². The maximum Gasteiger partial charge on any atom is 0.119 e. The van der Waals surface area contributed by atoms with Crippen LogP contribution < -0.4 is 9.47 Å². The fourth-order valence-corrected chi connectivity index (χ4v) is 4.08. The second-order valence-electron chi connectivity index (χ2n) is 9.74. The van der Waals surface area contributed by atoms with Gasteiger partial charge >= 0.3 is 0 Å². The third-order valence-electron chi connectivity index (χ3n) is 6.34. The number of phenols is 2. The average Bonchev–Trinajstić information content (AvgIpc) is 2.93. The van der Waals surface area contributed by atoms with E-state index in [2.05, 4.69) is 23.7 Å². The summed E-state index contributed by atoms with van der Waals surface area (Å²) < 4.78 is 11.3. The van der Waals surface area contributed by atoms with E-state index in [-0.39, 0.29) is 11.5 Å². The largest absolute Gasteiger partial charge is 0.508 e. The Balaban J connectivity index is 1.27. The number of hydrogen-bond donors (Lipinski definition) is 2. The zero-order valence-corrected chi connectivity index (χ0v) is 23.1. The smallest absolute Gasteiger partial charge is 0.119 e. The molecule has 2 aromatic carbocycles. The predicted octanol–water partition coefficient (Wildman–Crippen LogP) is 8.80.